The lowest BCUT2D eigenvalue weighted by molar-refractivity contribution is 0.102. The van der Waals surface area contributed by atoms with Gasteiger partial charge in [0.15, 0.2) is 0 Å². The average molecular weight is 375 g/mol. The van der Waals surface area contributed by atoms with Crippen LogP contribution in [0.5, 0.6) is 0 Å². The van der Waals surface area contributed by atoms with Crippen LogP contribution in [0, 0.1) is 19.7 Å². The molecule has 0 radical (unpaired) electrons. The Balaban J connectivity index is 1.62. The minimum absolute atomic E-state index is 0.265. The van der Waals surface area contributed by atoms with Gasteiger partial charge >= 0.3 is 0 Å². The number of aryl methyl sites for hydroxylation is 1. The molecule has 1 aromatic carbocycles. The number of carbonyl (C=O) groups is 1. The van der Waals surface area contributed by atoms with Gasteiger partial charge in [0.25, 0.3) is 5.91 Å². The fourth-order valence-corrected chi connectivity index (χ4v) is 3.14. The molecular formula is C21H18FN5O. The van der Waals surface area contributed by atoms with Crippen molar-refractivity contribution < 1.29 is 9.18 Å². The van der Waals surface area contributed by atoms with Crippen molar-refractivity contribution in [1.29, 1.82) is 0 Å². The molecule has 0 bridgehead atoms. The molecule has 3 heterocycles. The van der Waals surface area contributed by atoms with Crippen molar-refractivity contribution in [2.45, 2.75) is 20.4 Å². The maximum absolute atomic E-state index is 13.1. The van der Waals surface area contributed by atoms with Gasteiger partial charge in [0.1, 0.15) is 11.3 Å². The van der Waals surface area contributed by atoms with Gasteiger partial charge in [-0.3, -0.25) is 19.4 Å². The van der Waals surface area contributed by atoms with Gasteiger partial charge in [-0.1, -0.05) is 12.1 Å². The molecule has 0 aliphatic heterocycles. The summed E-state index contributed by atoms with van der Waals surface area (Å²) in [6.45, 7) is 4.22. The van der Waals surface area contributed by atoms with E-state index in [1.165, 1.54) is 12.1 Å². The molecule has 0 saturated heterocycles. The highest BCUT2D eigenvalue weighted by molar-refractivity contribution is 6.11. The Labute approximate surface area is 161 Å². The number of pyridine rings is 2. The zero-order valence-electron chi connectivity index (χ0n) is 15.5. The summed E-state index contributed by atoms with van der Waals surface area (Å²) in [7, 11) is 0. The first-order valence-electron chi connectivity index (χ1n) is 8.82. The predicted molar refractivity (Wildman–Crippen MR) is 105 cm³/mol. The highest BCUT2D eigenvalue weighted by Crippen LogP contribution is 2.22. The highest BCUT2D eigenvalue weighted by atomic mass is 19.1. The Morgan fingerprint density at radius 1 is 1.07 bits per heavy atom. The monoisotopic (exact) mass is 375 g/mol. The van der Waals surface area contributed by atoms with Gasteiger partial charge in [-0.15, -0.1) is 0 Å². The summed E-state index contributed by atoms with van der Waals surface area (Å²) >= 11 is 0. The average Bonchev–Trinajstić information content (AvgIpc) is 2.96. The maximum Gasteiger partial charge on any atom is 0.258 e. The molecule has 0 aliphatic carbocycles. The summed E-state index contributed by atoms with van der Waals surface area (Å²) < 4.78 is 14.9. The van der Waals surface area contributed by atoms with Gasteiger partial charge in [-0.05, 0) is 49.7 Å². The molecule has 0 fully saturated rings. The lowest BCUT2D eigenvalue weighted by Gasteiger charge is -2.08. The topological polar surface area (TPSA) is 72.7 Å². The van der Waals surface area contributed by atoms with Crippen LogP contribution < -0.4 is 5.32 Å². The first-order chi connectivity index (χ1) is 13.5. The fraction of sp³-hybridized carbons (Fsp3) is 0.143. The van der Waals surface area contributed by atoms with Crippen LogP contribution in [0.3, 0.4) is 0 Å². The first kappa shape index (κ1) is 17.8. The van der Waals surface area contributed by atoms with Crippen LogP contribution in [0.1, 0.15) is 27.3 Å². The van der Waals surface area contributed by atoms with E-state index in [-0.39, 0.29) is 11.7 Å². The van der Waals surface area contributed by atoms with E-state index in [9.17, 15) is 9.18 Å². The minimum atomic E-state index is -0.275. The number of hydrogen-bond donors (Lipinski definition) is 1. The van der Waals surface area contributed by atoms with E-state index in [0.29, 0.717) is 34.5 Å². The molecule has 7 heteroatoms. The Bertz CT molecular complexity index is 1160. The number of rotatable bonds is 4. The molecule has 0 spiro atoms. The van der Waals surface area contributed by atoms with Crippen molar-refractivity contribution in [3.8, 4) is 0 Å². The van der Waals surface area contributed by atoms with Crippen LogP contribution in [0.4, 0.5) is 10.1 Å². The van der Waals surface area contributed by atoms with Crippen LogP contribution in [-0.4, -0.2) is 25.7 Å². The number of benzene rings is 1. The van der Waals surface area contributed by atoms with Crippen LogP contribution in [0.2, 0.25) is 0 Å². The number of nitrogens with zero attached hydrogens (tertiary/aromatic N) is 4. The summed E-state index contributed by atoms with van der Waals surface area (Å²) in [5.41, 5.74) is 4.78. The van der Waals surface area contributed by atoms with Gasteiger partial charge in [0, 0.05) is 12.4 Å². The number of aromatic nitrogens is 4. The summed E-state index contributed by atoms with van der Waals surface area (Å²) in [6, 6.07) is 11.5. The van der Waals surface area contributed by atoms with E-state index in [1.807, 2.05) is 19.9 Å². The summed E-state index contributed by atoms with van der Waals surface area (Å²) in [5.74, 6) is -0.540. The number of fused-ring (bicyclic) bond motifs is 1. The Morgan fingerprint density at radius 3 is 2.64 bits per heavy atom. The van der Waals surface area contributed by atoms with E-state index < -0.39 is 0 Å². The number of nitrogens with one attached hydrogen (secondary N) is 1. The SMILES string of the molecule is Cc1nn(Cc2ccc(F)cc2)c(C)c1NC(=O)c1ccnc2cccnc12. The zero-order valence-corrected chi connectivity index (χ0v) is 15.5. The normalized spacial score (nSPS) is 11.0. The second-order valence-electron chi connectivity index (χ2n) is 6.51. The Hall–Kier alpha value is -3.61. The van der Waals surface area contributed by atoms with Crippen molar-refractivity contribution in [2.75, 3.05) is 5.32 Å². The number of carbonyl (C=O) groups excluding carboxylic acids is 1. The molecule has 6 nitrogen and oxygen atoms in total. The predicted octanol–water partition coefficient (Wildman–Crippen LogP) is 3.88. The van der Waals surface area contributed by atoms with E-state index in [4.69, 9.17) is 0 Å². The first-order valence-corrected chi connectivity index (χ1v) is 8.82. The molecule has 0 atom stereocenters. The van der Waals surface area contributed by atoms with Gasteiger partial charge in [-0.2, -0.15) is 5.10 Å². The van der Waals surface area contributed by atoms with Gasteiger partial charge in [0.05, 0.1) is 34.7 Å². The van der Waals surface area contributed by atoms with E-state index in [2.05, 4.69) is 20.4 Å². The standard InChI is InChI=1S/C21H18FN5O/c1-13-19(14(2)27(26-13)12-15-5-7-16(22)8-6-15)25-21(28)17-9-11-23-18-4-3-10-24-20(17)18/h3-11H,12H2,1-2H3,(H,25,28). The number of halogens is 1. The van der Waals surface area contributed by atoms with Crippen molar-refractivity contribution in [3.05, 3.63) is 83.2 Å². The third-order valence-electron chi connectivity index (χ3n) is 4.61. The molecule has 0 unspecified atom stereocenters. The molecule has 1 amide bonds. The third kappa shape index (κ3) is 3.34. The van der Waals surface area contributed by atoms with E-state index in [0.717, 1.165) is 11.3 Å². The van der Waals surface area contributed by atoms with Crippen molar-refractivity contribution in [3.63, 3.8) is 0 Å². The quantitative estimate of drug-likeness (QED) is 0.587. The second kappa shape index (κ2) is 7.19. The van der Waals surface area contributed by atoms with Gasteiger partial charge in [-0.25, -0.2) is 4.39 Å². The van der Waals surface area contributed by atoms with E-state index in [1.54, 1.807) is 41.3 Å². The fourth-order valence-electron chi connectivity index (χ4n) is 3.14. The number of anilines is 1. The number of amides is 1. The lowest BCUT2D eigenvalue weighted by atomic mass is 10.1. The van der Waals surface area contributed by atoms with Crippen LogP contribution >= 0.6 is 0 Å². The highest BCUT2D eigenvalue weighted by Gasteiger charge is 2.17. The van der Waals surface area contributed by atoms with Crippen LogP contribution in [0.15, 0.2) is 54.9 Å². The molecular weight excluding hydrogens is 357 g/mol. The van der Waals surface area contributed by atoms with Crippen molar-refractivity contribution >= 4 is 22.6 Å². The molecule has 140 valence electrons. The van der Waals surface area contributed by atoms with Gasteiger partial charge < -0.3 is 5.32 Å². The van der Waals surface area contributed by atoms with Gasteiger partial charge in [0.2, 0.25) is 0 Å². The lowest BCUT2D eigenvalue weighted by Crippen LogP contribution is -2.14. The minimum Gasteiger partial charge on any atom is -0.319 e. The molecule has 4 aromatic rings. The van der Waals surface area contributed by atoms with Crippen molar-refractivity contribution in [2.24, 2.45) is 0 Å². The molecule has 3 aromatic heterocycles. The third-order valence-corrected chi connectivity index (χ3v) is 4.61. The second-order valence-corrected chi connectivity index (χ2v) is 6.51. The summed E-state index contributed by atoms with van der Waals surface area (Å²) in [6.07, 6.45) is 3.23. The van der Waals surface area contributed by atoms with Crippen LogP contribution in [-0.2, 0) is 6.54 Å². The molecule has 0 saturated carbocycles. The molecule has 1 N–H and O–H groups in total. The van der Waals surface area contributed by atoms with Crippen molar-refractivity contribution in [1.82, 2.24) is 19.7 Å². The summed E-state index contributed by atoms with van der Waals surface area (Å²) in [4.78, 5) is 21.4. The smallest absolute Gasteiger partial charge is 0.258 e. The Morgan fingerprint density at radius 2 is 1.86 bits per heavy atom. The summed E-state index contributed by atoms with van der Waals surface area (Å²) in [5, 5.41) is 7.47. The van der Waals surface area contributed by atoms with E-state index >= 15 is 0 Å². The Kier molecular flexibility index (Phi) is 4.57. The zero-order chi connectivity index (χ0) is 19.7. The molecule has 0 aliphatic rings. The molecule has 4 rings (SSSR count). The van der Waals surface area contributed by atoms with Crippen LogP contribution in [0.25, 0.3) is 11.0 Å². The largest absolute Gasteiger partial charge is 0.319 e. The maximum atomic E-state index is 13.1. The number of hydrogen-bond acceptors (Lipinski definition) is 4. The molecule has 28 heavy (non-hydrogen) atoms.